The van der Waals surface area contributed by atoms with Crippen LogP contribution in [0.25, 0.3) is 0 Å². The summed E-state index contributed by atoms with van der Waals surface area (Å²) in [7, 11) is 0. The molecule has 5 heteroatoms. The second-order valence-corrected chi connectivity index (χ2v) is 7.95. The van der Waals surface area contributed by atoms with Gasteiger partial charge >= 0.3 is 0 Å². The molecule has 2 heterocycles. The first-order valence-corrected chi connectivity index (χ1v) is 9.46. The SMILES string of the molecule is O=C1CCC2CN(CC(O)c3cccc(Cl)c3)CCC2N1C1CC1. The van der Waals surface area contributed by atoms with Crippen molar-refractivity contribution < 1.29 is 9.90 Å². The molecule has 4 nitrogen and oxygen atoms in total. The average Bonchev–Trinajstić information content (AvgIpc) is 3.39. The van der Waals surface area contributed by atoms with Gasteiger partial charge in [0, 0.05) is 43.2 Å². The fraction of sp³-hybridized carbons (Fsp3) is 0.632. The number of aliphatic hydroxyl groups excluding tert-OH is 1. The number of likely N-dealkylation sites (tertiary alicyclic amines) is 2. The van der Waals surface area contributed by atoms with Crippen LogP contribution >= 0.6 is 11.6 Å². The minimum atomic E-state index is -0.509. The van der Waals surface area contributed by atoms with E-state index in [-0.39, 0.29) is 0 Å². The first kappa shape index (κ1) is 16.4. The van der Waals surface area contributed by atoms with Crippen LogP contribution in [-0.2, 0) is 4.79 Å². The fourth-order valence-corrected chi connectivity index (χ4v) is 4.62. The van der Waals surface area contributed by atoms with Crippen molar-refractivity contribution in [2.45, 2.75) is 50.3 Å². The quantitative estimate of drug-likeness (QED) is 0.910. The molecule has 2 aliphatic heterocycles. The number of piperidine rings is 2. The van der Waals surface area contributed by atoms with Crippen molar-refractivity contribution in [1.29, 1.82) is 0 Å². The van der Waals surface area contributed by atoms with Gasteiger partial charge in [-0.2, -0.15) is 0 Å². The molecule has 1 aromatic rings. The number of hydrogen-bond donors (Lipinski definition) is 1. The lowest BCUT2D eigenvalue weighted by Crippen LogP contribution is -2.57. The maximum Gasteiger partial charge on any atom is 0.223 e. The molecule has 1 aliphatic carbocycles. The van der Waals surface area contributed by atoms with E-state index in [1.54, 1.807) is 0 Å². The van der Waals surface area contributed by atoms with Gasteiger partial charge in [-0.3, -0.25) is 9.69 Å². The number of benzene rings is 1. The Morgan fingerprint density at radius 2 is 2.08 bits per heavy atom. The Kier molecular flexibility index (Phi) is 4.54. The predicted molar refractivity (Wildman–Crippen MR) is 93.8 cm³/mol. The summed E-state index contributed by atoms with van der Waals surface area (Å²) in [5, 5.41) is 11.2. The lowest BCUT2D eigenvalue weighted by Gasteiger charge is -2.47. The predicted octanol–water partition coefficient (Wildman–Crippen LogP) is 2.85. The van der Waals surface area contributed by atoms with E-state index in [2.05, 4.69) is 9.80 Å². The Morgan fingerprint density at radius 1 is 1.25 bits per heavy atom. The highest BCUT2D eigenvalue weighted by molar-refractivity contribution is 6.30. The Labute approximate surface area is 148 Å². The van der Waals surface area contributed by atoms with Crippen molar-refractivity contribution in [3.05, 3.63) is 34.9 Å². The molecule has 3 unspecified atom stereocenters. The van der Waals surface area contributed by atoms with Crippen LogP contribution in [0, 0.1) is 5.92 Å². The van der Waals surface area contributed by atoms with E-state index in [9.17, 15) is 9.90 Å². The van der Waals surface area contributed by atoms with Gasteiger partial charge in [0.25, 0.3) is 0 Å². The Hall–Kier alpha value is -1.10. The van der Waals surface area contributed by atoms with Gasteiger partial charge in [-0.05, 0) is 49.3 Å². The number of halogens is 1. The average molecular weight is 349 g/mol. The van der Waals surface area contributed by atoms with Crippen molar-refractivity contribution in [1.82, 2.24) is 9.80 Å². The molecule has 0 aromatic heterocycles. The molecule has 130 valence electrons. The zero-order chi connectivity index (χ0) is 16.7. The number of carbonyl (C=O) groups is 1. The molecule has 3 aliphatic rings. The Morgan fingerprint density at radius 3 is 2.83 bits per heavy atom. The highest BCUT2D eigenvalue weighted by Crippen LogP contribution is 2.39. The maximum absolute atomic E-state index is 12.3. The zero-order valence-corrected chi connectivity index (χ0v) is 14.7. The number of β-amino-alcohol motifs (C(OH)–C–C–N with tert-alkyl or cyclic N) is 1. The number of nitrogens with zero attached hydrogens (tertiary/aromatic N) is 2. The first-order valence-electron chi connectivity index (χ1n) is 9.09. The van der Waals surface area contributed by atoms with Crippen LogP contribution in [0.2, 0.25) is 5.02 Å². The van der Waals surface area contributed by atoms with Crippen LogP contribution in [0.5, 0.6) is 0 Å². The number of fused-ring (bicyclic) bond motifs is 1. The summed E-state index contributed by atoms with van der Waals surface area (Å²) in [6, 6.07) is 8.43. The maximum atomic E-state index is 12.3. The summed E-state index contributed by atoms with van der Waals surface area (Å²) < 4.78 is 0. The minimum Gasteiger partial charge on any atom is -0.387 e. The monoisotopic (exact) mass is 348 g/mol. The van der Waals surface area contributed by atoms with Gasteiger partial charge in [0.15, 0.2) is 0 Å². The summed E-state index contributed by atoms with van der Waals surface area (Å²) in [5.74, 6) is 0.926. The summed E-state index contributed by atoms with van der Waals surface area (Å²) in [5.41, 5.74) is 0.878. The van der Waals surface area contributed by atoms with Gasteiger partial charge < -0.3 is 10.0 Å². The molecule has 3 fully saturated rings. The Balaban J connectivity index is 1.38. The molecular weight excluding hydrogens is 324 g/mol. The number of rotatable bonds is 4. The normalized spacial score (nSPS) is 29.4. The summed E-state index contributed by atoms with van der Waals surface area (Å²) in [6.07, 6.45) is 4.59. The molecule has 3 atom stereocenters. The molecule has 1 aromatic carbocycles. The third kappa shape index (κ3) is 3.32. The van der Waals surface area contributed by atoms with Crippen molar-refractivity contribution in [3.8, 4) is 0 Å². The lowest BCUT2D eigenvalue weighted by molar-refractivity contribution is -0.142. The van der Waals surface area contributed by atoms with Gasteiger partial charge in [0.1, 0.15) is 0 Å². The molecule has 0 spiro atoms. The number of hydrogen-bond acceptors (Lipinski definition) is 3. The summed E-state index contributed by atoms with van der Waals surface area (Å²) >= 11 is 6.03. The number of aliphatic hydroxyl groups is 1. The van der Waals surface area contributed by atoms with Crippen molar-refractivity contribution >= 4 is 17.5 Å². The molecule has 1 saturated carbocycles. The molecule has 4 rings (SSSR count). The Bertz CT molecular complexity index is 619. The summed E-state index contributed by atoms with van der Waals surface area (Å²) in [6.45, 7) is 2.58. The van der Waals surface area contributed by atoms with Crippen LogP contribution in [0.1, 0.15) is 43.8 Å². The molecule has 1 N–H and O–H groups in total. The van der Waals surface area contributed by atoms with E-state index in [0.717, 1.165) is 31.5 Å². The van der Waals surface area contributed by atoms with E-state index < -0.39 is 6.10 Å². The fourth-order valence-electron chi connectivity index (χ4n) is 4.42. The van der Waals surface area contributed by atoms with Gasteiger partial charge in [-0.1, -0.05) is 23.7 Å². The van der Waals surface area contributed by atoms with E-state index in [4.69, 9.17) is 11.6 Å². The van der Waals surface area contributed by atoms with Gasteiger partial charge in [-0.15, -0.1) is 0 Å². The highest BCUT2D eigenvalue weighted by atomic mass is 35.5. The molecule has 0 bridgehead atoms. The van der Waals surface area contributed by atoms with E-state index in [1.165, 1.54) is 12.8 Å². The van der Waals surface area contributed by atoms with Crippen LogP contribution in [0.4, 0.5) is 0 Å². The third-order valence-electron chi connectivity index (χ3n) is 5.76. The second kappa shape index (κ2) is 6.66. The smallest absolute Gasteiger partial charge is 0.223 e. The number of amides is 1. The van der Waals surface area contributed by atoms with Gasteiger partial charge in [0.2, 0.25) is 5.91 Å². The van der Waals surface area contributed by atoms with Crippen LogP contribution in [-0.4, -0.2) is 52.5 Å². The number of carbonyl (C=O) groups excluding carboxylic acids is 1. The van der Waals surface area contributed by atoms with E-state index >= 15 is 0 Å². The zero-order valence-electron chi connectivity index (χ0n) is 13.9. The molecule has 1 amide bonds. The minimum absolute atomic E-state index is 0.367. The van der Waals surface area contributed by atoms with Gasteiger partial charge in [-0.25, -0.2) is 0 Å². The largest absolute Gasteiger partial charge is 0.387 e. The van der Waals surface area contributed by atoms with E-state index in [1.807, 2.05) is 24.3 Å². The highest BCUT2D eigenvalue weighted by Gasteiger charge is 2.45. The second-order valence-electron chi connectivity index (χ2n) is 7.52. The van der Waals surface area contributed by atoms with Crippen LogP contribution in [0.15, 0.2) is 24.3 Å². The van der Waals surface area contributed by atoms with Crippen LogP contribution < -0.4 is 0 Å². The van der Waals surface area contributed by atoms with Crippen LogP contribution in [0.3, 0.4) is 0 Å². The molecule has 24 heavy (non-hydrogen) atoms. The summed E-state index contributed by atoms with van der Waals surface area (Å²) in [4.78, 5) is 16.8. The van der Waals surface area contributed by atoms with Gasteiger partial charge in [0.05, 0.1) is 6.10 Å². The van der Waals surface area contributed by atoms with E-state index in [0.29, 0.717) is 41.9 Å². The molecule has 2 saturated heterocycles. The lowest BCUT2D eigenvalue weighted by atomic mass is 9.83. The molecule has 0 radical (unpaired) electrons. The van der Waals surface area contributed by atoms with Crippen molar-refractivity contribution in [3.63, 3.8) is 0 Å². The standard InChI is InChI=1S/C19H25ClN2O2/c20-15-3-1-2-13(10-15)18(23)12-21-9-8-17-14(11-21)4-7-19(24)22(17)16-5-6-16/h1-3,10,14,16-18,23H,4-9,11-12H2. The molecular formula is C19H25ClN2O2. The van der Waals surface area contributed by atoms with Crippen molar-refractivity contribution in [2.24, 2.45) is 5.92 Å². The first-order chi connectivity index (χ1) is 11.6. The van der Waals surface area contributed by atoms with Crippen molar-refractivity contribution in [2.75, 3.05) is 19.6 Å². The third-order valence-corrected chi connectivity index (χ3v) is 5.99. The topological polar surface area (TPSA) is 43.8 Å².